The highest BCUT2D eigenvalue weighted by Gasteiger charge is 2.69. The highest BCUT2D eigenvalue weighted by Crippen LogP contribution is 2.46. The SMILES string of the molecule is CC(C)(CCCC(O)(C(F)(F)F)C(F)(F)F)OC(=O)C(C)(C)C(C)(C)C. The average Bonchev–Trinajstić information content (AvgIpc) is 2.33. The summed E-state index contributed by atoms with van der Waals surface area (Å²) in [5, 5.41) is 9.14. The summed E-state index contributed by atoms with van der Waals surface area (Å²) in [6.45, 7) is 11.6. The monoisotopic (exact) mass is 394 g/mol. The summed E-state index contributed by atoms with van der Waals surface area (Å²) in [6, 6.07) is 0. The van der Waals surface area contributed by atoms with E-state index in [0.29, 0.717) is 0 Å². The Labute approximate surface area is 150 Å². The minimum atomic E-state index is -5.85. The molecule has 0 saturated heterocycles. The van der Waals surface area contributed by atoms with E-state index in [9.17, 15) is 31.1 Å². The van der Waals surface area contributed by atoms with Crippen LogP contribution in [-0.2, 0) is 9.53 Å². The fraction of sp³-hybridized carbons (Fsp3) is 0.941. The van der Waals surface area contributed by atoms with Crippen molar-refractivity contribution in [3.8, 4) is 0 Å². The van der Waals surface area contributed by atoms with Gasteiger partial charge in [-0.3, -0.25) is 4.79 Å². The Balaban J connectivity index is 5.07. The van der Waals surface area contributed by atoms with Crippen molar-refractivity contribution in [3.05, 3.63) is 0 Å². The molecule has 0 aliphatic rings. The summed E-state index contributed by atoms with van der Waals surface area (Å²) in [4.78, 5) is 12.4. The Morgan fingerprint density at radius 2 is 1.19 bits per heavy atom. The van der Waals surface area contributed by atoms with Crippen LogP contribution in [0.15, 0.2) is 0 Å². The normalized spacial score (nSPS) is 15.2. The van der Waals surface area contributed by atoms with E-state index in [1.165, 1.54) is 13.8 Å². The smallest absolute Gasteiger partial charge is 0.426 e. The van der Waals surface area contributed by atoms with Crippen LogP contribution in [0.1, 0.15) is 67.7 Å². The standard InChI is InChI=1S/C17H28F6O3/c1-12(2,3)14(6,7)11(24)26-13(4,5)9-8-10-15(25,16(18,19)20)17(21,22)23/h25H,8-10H2,1-7H3. The fourth-order valence-corrected chi connectivity index (χ4v) is 1.95. The van der Waals surface area contributed by atoms with E-state index in [2.05, 4.69) is 0 Å². The predicted octanol–water partition coefficient (Wildman–Crippen LogP) is 5.41. The van der Waals surface area contributed by atoms with Crippen LogP contribution < -0.4 is 0 Å². The second-order valence-electron chi connectivity index (χ2n) is 8.73. The van der Waals surface area contributed by atoms with Crippen LogP contribution in [0.25, 0.3) is 0 Å². The quantitative estimate of drug-likeness (QED) is 0.484. The third kappa shape index (κ3) is 5.50. The van der Waals surface area contributed by atoms with E-state index < -0.39 is 53.2 Å². The molecule has 0 fully saturated rings. The largest absolute Gasteiger partial charge is 0.459 e. The van der Waals surface area contributed by atoms with Gasteiger partial charge in [-0.2, -0.15) is 26.3 Å². The molecular weight excluding hydrogens is 366 g/mol. The number of hydrogen-bond acceptors (Lipinski definition) is 3. The Morgan fingerprint density at radius 1 is 0.808 bits per heavy atom. The van der Waals surface area contributed by atoms with Crippen LogP contribution in [0.5, 0.6) is 0 Å². The van der Waals surface area contributed by atoms with Crippen molar-refractivity contribution in [2.75, 3.05) is 0 Å². The summed E-state index contributed by atoms with van der Waals surface area (Å²) in [5.41, 5.74) is -7.45. The molecule has 26 heavy (non-hydrogen) atoms. The average molecular weight is 394 g/mol. The van der Waals surface area contributed by atoms with Gasteiger partial charge in [0.25, 0.3) is 5.60 Å². The van der Waals surface area contributed by atoms with E-state index in [0.717, 1.165) is 0 Å². The fourth-order valence-electron chi connectivity index (χ4n) is 1.95. The van der Waals surface area contributed by atoms with E-state index in [1.807, 2.05) is 20.8 Å². The zero-order valence-corrected chi connectivity index (χ0v) is 16.2. The van der Waals surface area contributed by atoms with Crippen molar-refractivity contribution in [3.63, 3.8) is 0 Å². The second kappa shape index (κ2) is 7.20. The maximum Gasteiger partial charge on any atom is 0.426 e. The first-order valence-corrected chi connectivity index (χ1v) is 8.18. The van der Waals surface area contributed by atoms with Crippen molar-refractivity contribution >= 4 is 5.97 Å². The van der Waals surface area contributed by atoms with Crippen LogP contribution >= 0.6 is 0 Å². The first kappa shape index (κ1) is 25.0. The van der Waals surface area contributed by atoms with Crippen molar-refractivity contribution in [2.45, 2.75) is 91.3 Å². The highest BCUT2D eigenvalue weighted by atomic mass is 19.4. The molecule has 9 heteroatoms. The summed E-state index contributed by atoms with van der Waals surface area (Å²) in [6.07, 6.45) is -14.2. The molecule has 0 aromatic carbocycles. The van der Waals surface area contributed by atoms with Crippen molar-refractivity contribution in [1.29, 1.82) is 0 Å². The number of alkyl halides is 6. The van der Waals surface area contributed by atoms with Gasteiger partial charge in [-0.25, -0.2) is 0 Å². The maximum absolute atomic E-state index is 12.7. The minimum absolute atomic E-state index is 0.270. The lowest BCUT2D eigenvalue weighted by atomic mass is 9.69. The number of rotatable bonds is 6. The Kier molecular flexibility index (Phi) is 6.93. The van der Waals surface area contributed by atoms with E-state index in [1.54, 1.807) is 13.8 Å². The number of ether oxygens (including phenoxy) is 1. The molecule has 0 spiro atoms. The Bertz CT molecular complexity index is 484. The lowest BCUT2D eigenvalue weighted by molar-refractivity contribution is -0.370. The number of carbonyl (C=O) groups is 1. The second-order valence-corrected chi connectivity index (χ2v) is 8.73. The molecule has 156 valence electrons. The van der Waals surface area contributed by atoms with E-state index in [4.69, 9.17) is 9.84 Å². The topological polar surface area (TPSA) is 46.5 Å². The van der Waals surface area contributed by atoms with Gasteiger partial charge >= 0.3 is 18.3 Å². The molecule has 0 aromatic rings. The molecule has 0 aromatic heterocycles. The van der Waals surface area contributed by atoms with Crippen LogP contribution in [0.3, 0.4) is 0 Å². The van der Waals surface area contributed by atoms with Gasteiger partial charge in [-0.05, 0) is 52.4 Å². The number of hydrogen-bond donors (Lipinski definition) is 1. The summed E-state index contributed by atoms with van der Waals surface area (Å²) < 4.78 is 81.3. The van der Waals surface area contributed by atoms with Crippen LogP contribution in [0.4, 0.5) is 26.3 Å². The summed E-state index contributed by atoms with van der Waals surface area (Å²) in [7, 11) is 0. The molecular formula is C17H28F6O3. The van der Waals surface area contributed by atoms with Crippen LogP contribution in [0, 0.1) is 10.8 Å². The first-order chi connectivity index (χ1) is 11.1. The van der Waals surface area contributed by atoms with Gasteiger partial charge in [0.1, 0.15) is 5.60 Å². The number of carbonyl (C=O) groups excluding carboxylic acids is 1. The lowest BCUT2D eigenvalue weighted by Gasteiger charge is -2.39. The molecule has 0 atom stereocenters. The minimum Gasteiger partial charge on any atom is -0.459 e. The molecule has 0 aliphatic carbocycles. The predicted molar refractivity (Wildman–Crippen MR) is 84.3 cm³/mol. The molecule has 0 heterocycles. The van der Waals surface area contributed by atoms with Crippen LogP contribution in [-0.4, -0.2) is 34.6 Å². The van der Waals surface area contributed by atoms with Crippen molar-refractivity contribution < 1.29 is 41.0 Å². The number of esters is 1. The Morgan fingerprint density at radius 3 is 1.50 bits per heavy atom. The molecule has 0 unspecified atom stereocenters. The molecule has 0 saturated carbocycles. The van der Waals surface area contributed by atoms with E-state index >= 15 is 0 Å². The van der Waals surface area contributed by atoms with Crippen molar-refractivity contribution in [1.82, 2.24) is 0 Å². The van der Waals surface area contributed by atoms with Gasteiger partial charge in [-0.15, -0.1) is 0 Å². The maximum atomic E-state index is 12.7. The summed E-state index contributed by atoms with van der Waals surface area (Å²) in [5.74, 6) is -0.600. The molecule has 0 radical (unpaired) electrons. The molecule has 0 rings (SSSR count). The molecule has 0 amide bonds. The first-order valence-electron chi connectivity index (χ1n) is 8.18. The van der Waals surface area contributed by atoms with Gasteiger partial charge < -0.3 is 9.84 Å². The number of aliphatic hydroxyl groups is 1. The highest BCUT2D eigenvalue weighted by molar-refractivity contribution is 5.77. The molecule has 3 nitrogen and oxygen atoms in total. The number of halogens is 6. The molecule has 1 N–H and O–H groups in total. The van der Waals surface area contributed by atoms with E-state index in [-0.39, 0.29) is 6.42 Å². The zero-order chi connectivity index (χ0) is 21.4. The third-order valence-electron chi connectivity index (χ3n) is 5.01. The van der Waals surface area contributed by atoms with Gasteiger partial charge in [0.15, 0.2) is 0 Å². The Hall–Kier alpha value is -0.990. The van der Waals surface area contributed by atoms with Gasteiger partial charge in [0.05, 0.1) is 5.41 Å². The van der Waals surface area contributed by atoms with Gasteiger partial charge in [0, 0.05) is 0 Å². The lowest BCUT2D eigenvalue weighted by Crippen LogP contribution is -2.56. The third-order valence-corrected chi connectivity index (χ3v) is 5.01. The van der Waals surface area contributed by atoms with Crippen LogP contribution in [0.2, 0.25) is 0 Å². The van der Waals surface area contributed by atoms with Gasteiger partial charge in [-0.1, -0.05) is 20.8 Å². The molecule has 0 bridgehead atoms. The zero-order valence-electron chi connectivity index (χ0n) is 16.2. The summed E-state index contributed by atoms with van der Waals surface area (Å²) >= 11 is 0. The van der Waals surface area contributed by atoms with Crippen molar-refractivity contribution in [2.24, 2.45) is 10.8 Å². The van der Waals surface area contributed by atoms with Gasteiger partial charge in [0.2, 0.25) is 0 Å². The molecule has 0 aliphatic heterocycles.